The smallest absolute Gasteiger partial charge is 0.234 e. The van der Waals surface area contributed by atoms with Gasteiger partial charge in [0.25, 0.3) is 0 Å². The first kappa shape index (κ1) is 14.3. The van der Waals surface area contributed by atoms with Crippen LogP contribution in [0.3, 0.4) is 0 Å². The Labute approximate surface area is 151 Å². The van der Waals surface area contributed by atoms with Crippen molar-refractivity contribution in [2.45, 2.75) is 18.4 Å². The molecule has 6 rings (SSSR count). The summed E-state index contributed by atoms with van der Waals surface area (Å²) in [6.07, 6.45) is 0. The Hall–Kier alpha value is -2.94. The number of hydrogen-bond donors (Lipinski definition) is 0. The van der Waals surface area contributed by atoms with E-state index in [-0.39, 0.29) is 35.5 Å². The van der Waals surface area contributed by atoms with Crippen molar-refractivity contribution in [3.05, 3.63) is 83.4 Å². The Morgan fingerprint density at radius 1 is 0.654 bits per heavy atom. The van der Waals surface area contributed by atoms with Gasteiger partial charge in [0, 0.05) is 11.8 Å². The molecule has 1 aliphatic heterocycles. The van der Waals surface area contributed by atoms with Gasteiger partial charge in [-0.25, -0.2) is 0 Å². The minimum Gasteiger partial charge on any atom is -0.278 e. The fourth-order valence-electron chi connectivity index (χ4n) is 5.48. The van der Waals surface area contributed by atoms with Crippen molar-refractivity contribution >= 4 is 22.6 Å². The largest absolute Gasteiger partial charge is 0.278 e. The maximum absolute atomic E-state index is 13.1. The van der Waals surface area contributed by atoms with E-state index < -0.39 is 0 Å². The van der Waals surface area contributed by atoms with Crippen molar-refractivity contribution < 1.29 is 9.59 Å². The summed E-state index contributed by atoms with van der Waals surface area (Å²) in [6, 6.07) is 22.4. The quantitative estimate of drug-likeness (QED) is 0.665. The summed E-state index contributed by atoms with van der Waals surface area (Å²) in [6.45, 7) is 0.386. The Bertz CT molecular complexity index is 1030. The molecular formula is C23H17NO2. The van der Waals surface area contributed by atoms with Crippen LogP contribution in [0.15, 0.2) is 66.7 Å². The fourth-order valence-corrected chi connectivity index (χ4v) is 5.48. The van der Waals surface area contributed by atoms with Crippen molar-refractivity contribution in [3.63, 3.8) is 0 Å². The Morgan fingerprint density at radius 2 is 1.23 bits per heavy atom. The van der Waals surface area contributed by atoms with E-state index >= 15 is 0 Å². The van der Waals surface area contributed by atoms with Crippen LogP contribution in [-0.4, -0.2) is 16.7 Å². The van der Waals surface area contributed by atoms with Gasteiger partial charge in [-0.2, -0.15) is 0 Å². The number of imide groups is 1. The lowest BCUT2D eigenvalue weighted by Crippen LogP contribution is -2.42. The van der Waals surface area contributed by atoms with E-state index in [1.54, 1.807) is 0 Å². The number of carbonyl (C=O) groups excluding carboxylic acids is 2. The summed E-state index contributed by atoms with van der Waals surface area (Å²) in [5.41, 5.74) is 3.52. The van der Waals surface area contributed by atoms with Gasteiger partial charge in [0.1, 0.15) is 0 Å². The van der Waals surface area contributed by atoms with Crippen LogP contribution in [0.5, 0.6) is 0 Å². The summed E-state index contributed by atoms with van der Waals surface area (Å²) < 4.78 is 0. The van der Waals surface area contributed by atoms with Crippen LogP contribution in [0.4, 0.5) is 0 Å². The molecule has 3 nitrogen and oxygen atoms in total. The molecule has 3 aromatic rings. The van der Waals surface area contributed by atoms with E-state index in [4.69, 9.17) is 0 Å². The molecule has 0 aromatic heterocycles. The van der Waals surface area contributed by atoms with Gasteiger partial charge < -0.3 is 0 Å². The van der Waals surface area contributed by atoms with E-state index in [2.05, 4.69) is 36.4 Å². The SMILES string of the molecule is O=C1C2C(C(=O)N1Cc1ccccc1)C1c3cccc4cccc(c34)C21. The highest BCUT2D eigenvalue weighted by Gasteiger charge is 2.67. The Morgan fingerprint density at radius 3 is 1.81 bits per heavy atom. The third kappa shape index (κ3) is 1.59. The van der Waals surface area contributed by atoms with Crippen LogP contribution in [0.2, 0.25) is 0 Å². The maximum Gasteiger partial charge on any atom is 0.234 e. The molecule has 1 heterocycles. The highest BCUT2D eigenvalue weighted by molar-refractivity contribution is 6.10. The second kappa shape index (κ2) is 4.82. The minimum atomic E-state index is -0.186. The molecule has 4 atom stereocenters. The predicted octanol–water partition coefficient (Wildman–Crippen LogP) is 3.84. The number of rotatable bonds is 2. The van der Waals surface area contributed by atoms with Gasteiger partial charge in [0.2, 0.25) is 11.8 Å². The maximum atomic E-state index is 13.1. The number of fused-ring (bicyclic) bond motifs is 6. The second-order valence-electron chi connectivity index (χ2n) is 7.64. The first-order chi connectivity index (χ1) is 12.8. The average molecular weight is 339 g/mol. The van der Waals surface area contributed by atoms with E-state index in [9.17, 15) is 9.59 Å². The van der Waals surface area contributed by atoms with Gasteiger partial charge in [0.05, 0.1) is 18.4 Å². The van der Waals surface area contributed by atoms with Crippen LogP contribution in [0.25, 0.3) is 10.8 Å². The van der Waals surface area contributed by atoms with Crippen molar-refractivity contribution in [1.82, 2.24) is 4.90 Å². The number of benzene rings is 3. The average Bonchev–Trinajstić information content (AvgIpc) is 3.01. The van der Waals surface area contributed by atoms with Crippen molar-refractivity contribution in [3.8, 4) is 0 Å². The third-order valence-electron chi connectivity index (χ3n) is 6.52. The molecule has 126 valence electrons. The highest BCUT2D eigenvalue weighted by atomic mass is 16.2. The van der Waals surface area contributed by atoms with Crippen molar-refractivity contribution in [2.75, 3.05) is 0 Å². The van der Waals surface area contributed by atoms with Gasteiger partial charge in [-0.05, 0) is 27.5 Å². The Kier molecular flexibility index (Phi) is 2.64. The minimum absolute atomic E-state index is 0.00918. The van der Waals surface area contributed by atoms with Crippen molar-refractivity contribution in [1.29, 1.82) is 0 Å². The molecule has 2 fully saturated rings. The lowest BCUT2D eigenvalue weighted by atomic mass is 9.57. The van der Waals surface area contributed by atoms with Crippen LogP contribution < -0.4 is 0 Å². The molecule has 0 radical (unpaired) electrons. The summed E-state index contributed by atoms with van der Waals surface area (Å²) in [7, 11) is 0. The first-order valence-corrected chi connectivity index (χ1v) is 9.16. The molecule has 1 saturated carbocycles. The standard InChI is InChI=1S/C23H17NO2/c25-22-20-18-15-10-4-8-14-9-5-11-16(17(14)15)19(18)21(20)23(26)24(22)12-13-6-2-1-3-7-13/h1-11,18-21H,12H2. The number of hydrogen-bond acceptors (Lipinski definition) is 2. The predicted molar refractivity (Wildman–Crippen MR) is 98.4 cm³/mol. The lowest BCUT2D eigenvalue weighted by molar-refractivity contribution is -0.140. The monoisotopic (exact) mass is 339 g/mol. The van der Waals surface area contributed by atoms with E-state index in [1.807, 2.05) is 30.3 Å². The van der Waals surface area contributed by atoms with Gasteiger partial charge in [-0.1, -0.05) is 66.7 Å². The molecular weight excluding hydrogens is 322 g/mol. The van der Waals surface area contributed by atoms with Gasteiger partial charge >= 0.3 is 0 Å². The van der Waals surface area contributed by atoms with Crippen LogP contribution in [0.1, 0.15) is 28.5 Å². The molecule has 0 spiro atoms. The third-order valence-corrected chi connectivity index (χ3v) is 6.52. The molecule has 4 unspecified atom stereocenters. The van der Waals surface area contributed by atoms with Gasteiger partial charge in [0.15, 0.2) is 0 Å². The normalized spacial score (nSPS) is 28.2. The highest BCUT2D eigenvalue weighted by Crippen LogP contribution is 2.66. The number of amides is 2. The zero-order valence-electron chi connectivity index (χ0n) is 14.1. The summed E-state index contributed by atoms with van der Waals surface area (Å²) in [5.74, 6) is -0.0232. The zero-order chi connectivity index (χ0) is 17.4. The molecule has 1 saturated heterocycles. The second-order valence-corrected chi connectivity index (χ2v) is 7.64. The number of carbonyl (C=O) groups is 2. The summed E-state index contributed by atoms with van der Waals surface area (Å²) in [5, 5.41) is 2.49. The molecule has 3 aliphatic rings. The summed E-state index contributed by atoms with van der Waals surface area (Å²) in [4.78, 5) is 27.7. The van der Waals surface area contributed by atoms with Gasteiger partial charge in [-0.15, -0.1) is 0 Å². The van der Waals surface area contributed by atoms with E-state index in [0.29, 0.717) is 6.54 Å². The molecule has 0 bridgehead atoms. The molecule has 0 N–H and O–H groups in total. The number of likely N-dealkylation sites (tertiary alicyclic amines) is 1. The number of nitrogens with zero attached hydrogens (tertiary/aromatic N) is 1. The Balaban J connectivity index is 1.42. The van der Waals surface area contributed by atoms with Gasteiger partial charge in [-0.3, -0.25) is 14.5 Å². The first-order valence-electron chi connectivity index (χ1n) is 9.16. The van der Waals surface area contributed by atoms with E-state index in [0.717, 1.165) is 5.56 Å². The summed E-state index contributed by atoms with van der Waals surface area (Å²) >= 11 is 0. The van der Waals surface area contributed by atoms with Crippen LogP contribution in [0, 0.1) is 11.8 Å². The van der Waals surface area contributed by atoms with Crippen molar-refractivity contribution in [2.24, 2.45) is 11.8 Å². The fraction of sp³-hybridized carbons (Fsp3) is 0.217. The topological polar surface area (TPSA) is 37.4 Å². The molecule has 3 heteroatoms. The van der Waals surface area contributed by atoms with E-state index in [1.165, 1.54) is 26.8 Å². The lowest BCUT2D eigenvalue weighted by Gasteiger charge is -2.42. The van der Waals surface area contributed by atoms with Crippen LogP contribution in [-0.2, 0) is 16.1 Å². The van der Waals surface area contributed by atoms with Crippen LogP contribution >= 0.6 is 0 Å². The molecule has 2 amide bonds. The molecule has 26 heavy (non-hydrogen) atoms. The molecule has 3 aromatic carbocycles. The molecule has 2 aliphatic carbocycles. The zero-order valence-corrected chi connectivity index (χ0v) is 14.1.